The van der Waals surface area contributed by atoms with E-state index in [2.05, 4.69) is 39.4 Å². The Bertz CT molecular complexity index is 575. The molecule has 0 fully saturated rings. The Balaban J connectivity index is 2.12. The average Bonchev–Trinajstić information content (AvgIpc) is 2.80. The summed E-state index contributed by atoms with van der Waals surface area (Å²) in [6.07, 6.45) is 5.73. The van der Waals surface area contributed by atoms with Crippen LogP contribution < -0.4 is 5.32 Å². The SMILES string of the molecule is Cc1cnc(C)c(NCC(c2cnn(C)c2)N(C)C)n1. The van der Waals surface area contributed by atoms with E-state index in [1.165, 1.54) is 5.56 Å². The molecule has 1 atom stereocenters. The second-order valence-corrected chi connectivity index (χ2v) is 5.25. The van der Waals surface area contributed by atoms with Crippen molar-refractivity contribution >= 4 is 5.82 Å². The van der Waals surface area contributed by atoms with E-state index >= 15 is 0 Å². The van der Waals surface area contributed by atoms with Gasteiger partial charge < -0.3 is 10.2 Å². The summed E-state index contributed by atoms with van der Waals surface area (Å²) in [5, 5.41) is 7.63. The average molecular weight is 274 g/mol. The van der Waals surface area contributed by atoms with E-state index in [9.17, 15) is 0 Å². The molecule has 2 heterocycles. The number of rotatable bonds is 5. The van der Waals surface area contributed by atoms with E-state index in [1.54, 1.807) is 6.20 Å². The molecule has 0 amide bonds. The topological polar surface area (TPSA) is 58.9 Å². The molecule has 0 saturated heterocycles. The molecule has 108 valence electrons. The number of nitrogens with one attached hydrogen (secondary N) is 1. The summed E-state index contributed by atoms with van der Waals surface area (Å²) in [4.78, 5) is 11.0. The van der Waals surface area contributed by atoms with Gasteiger partial charge in [0, 0.05) is 31.5 Å². The second-order valence-electron chi connectivity index (χ2n) is 5.25. The molecule has 0 aromatic carbocycles. The van der Waals surface area contributed by atoms with Gasteiger partial charge in [0.15, 0.2) is 0 Å². The van der Waals surface area contributed by atoms with E-state index in [0.717, 1.165) is 23.8 Å². The van der Waals surface area contributed by atoms with Crippen LogP contribution >= 0.6 is 0 Å². The van der Waals surface area contributed by atoms with Gasteiger partial charge in [-0.3, -0.25) is 9.67 Å². The van der Waals surface area contributed by atoms with E-state index < -0.39 is 0 Å². The lowest BCUT2D eigenvalue weighted by Crippen LogP contribution is -2.27. The molecule has 2 rings (SSSR count). The highest BCUT2D eigenvalue weighted by Gasteiger charge is 2.16. The van der Waals surface area contributed by atoms with Crippen molar-refractivity contribution in [2.24, 2.45) is 7.05 Å². The zero-order valence-electron chi connectivity index (χ0n) is 12.8. The van der Waals surface area contributed by atoms with Gasteiger partial charge in [0.2, 0.25) is 0 Å². The molecule has 6 nitrogen and oxygen atoms in total. The highest BCUT2D eigenvalue weighted by molar-refractivity contribution is 5.40. The Morgan fingerprint density at radius 3 is 2.65 bits per heavy atom. The lowest BCUT2D eigenvalue weighted by Gasteiger charge is -2.24. The normalized spacial score (nSPS) is 12.7. The second kappa shape index (κ2) is 6.00. The van der Waals surface area contributed by atoms with Crippen LogP contribution in [0.1, 0.15) is 23.0 Å². The van der Waals surface area contributed by atoms with Crippen LogP contribution in [0.15, 0.2) is 18.6 Å². The highest BCUT2D eigenvalue weighted by atomic mass is 15.2. The zero-order valence-corrected chi connectivity index (χ0v) is 12.8. The van der Waals surface area contributed by atoms with Crippen molar-refractivity contribution in [1.82, 2.24) is 24.6 Å². The van der Waals surface area contributed by atoms with E-state index in [0.29, 0.717) is 0 Å². The van der Waals surface area contributed by atoms with Gasteiger partial charge in [0.25, 0.3) is 0 Å². The number of aryl methyl sites for hydroxylation is 3. The van der Waals surface area contributed by atoms with Crippen LogP contribution in [-0.4, -0.2) is 45.3 Å². The van der Waals surface area contributed by atoms with E-state index in [1.807, 2.05) is 38.0 Å². The number of aromatic nitrogens is 4. The molecule has 20 heavy (non-hydrogen) atoms. The Hall–Kier alpha value is -1.95. The number of hydrogen-bond acceptors (Lipinski definition) is 5. The summed E-state index contributed by atoms with van der Waals surface area (Å²) in [5.41, 5.74) is 3.02. The molecule has 1 unspecified atom stereocenters. The summed E-state index contributed by atoms with van der Waals surface area (Å²) < 4.78 is 1.82. The van der Waals surface area contributed by atoms with E-state index in [-0.39, 0.29) is 6.04 Å². The van der Waals surface area contributed by atoms with E-state index in [4.69, 9.17) is 0 Å². The maximum absolute atomic E-state index is 4.49. The minimum Gasteiger partial charge on any atom is -0.367 e. The molecule has 2 aromatic heterocycles. The Morgan fingerprint density at radius 1 is 1.30 bits per heavy atom. The Labute approximate surface area is 119 Å². The fourth-order valence-electron chi connectivity index (χ4n) is 2.11. The molecular formula is C14H22N6. The molecule has 0 bridgehead atoms. The first-order valence-corrected chi connectivity index (χ1v) is 6.66. The van der Waals surface area contributed by atoms with Crippen LogP contribution in [0.4, 0.5) is 5.82 Å². The number of hydrogen-bond donors (Lipinski definition) is 1. The van der Waals surface area contributed by atoms with Gasteiger partial charge in [-0.1, -0.05) is 0 Å². The first-order valence-electron chi connectivity index (χ1n) is 6.66. The summed E-state index contributed by atoms with van der Waals surface area (Å²) in [6, 6.07) is 0.241. The molecule has 0 saturated carbocycles. The van der Waals surface area contributed by atoms with Crippen molar-refractivity contribution in [3.63, 3.8) is 0 Å². The fourth-order valence-corrected chi connectivity index (χ4v) is 2.11. The van der Waals surface area contributed by atoms with Crippen molar-refractivity contribution in [2.75, 3.05) is 26.0 Å². The van der Waals surface area contributed by atoms with Crippen molar-refractivity contribution in [3.8, 4) is 0 Å². The van der Waals surface area contributed by atoms with Crippen LogP contribution in [0.5, 0.6) is 0 Å². The quantitative estimate of drug-likeness (QED) is 0.896. The van der Waals surface area contributed by atoms with Gasteiger partial charge in [-0.05, 0) is 27.9 Å². The summed E-state index contributed by atoms with van der Waals surface area (Å²) in [5.74, 6) is 0.848. The van der Waals surface area contributed by atoms with Crippen molar-refractivity contribution in [1.29, 1.82) is 0 Å². The van der Waals surface area contributed by atoms with Crippen LogP contribution in [0, 0.1) is 13.8 Å². The molecule has 0 spiro atoms. The van der Waals surface area contributed by atoms with Crippen LogP contribution in [0.3, 0.4) is 0 Å². The minimum absolute atomic E-state index is 0.241. The molecule has 2 aromatic rings. The zero-order chi connectivity index (χ0) is 14.7. The summed E-state index contributed by atoms with van der Waals surface area (Å²) in [7, 11) is 6.06. The summed E-state index contributed by atoms with van der Waals surface area (Å²) >= 11 is 0. The Morgan fingerprint density at radius 2 is 2.05 bits per heavy atom. The first-order chi connectivity index (χ1) is 9.47. The maximum Gasteiger partial charge on any atom is 0.147 e. The van der Waals surface area contributed by atoms with Crippen molar-refractivity contribution in [3.05, 3.63) is 35.5 Å². The van der Waals surface area contributed by atoms with Gasteiger partial charge in [0.1, 0.15) is 5.82 Å². The van der Waals surface area contributed by atoms with Gasteiger partial charge in [-0.15, -0.1) is 0 Å². The Kier molecular flexibility index (Phi) is 4.34. The third-order valence-corrected chi connectivity index (χ3v) is 3.27. The van der Waals surface area contributed by atoms with Gasteiger partial charge in [-0.2, -0.15) is 5.10 Å². The largest absolute Gasteiger partial charge is 0.367 e. The number of anilines is 1. The monoisotopic (exact) mass is 274 g/mol. The molecule has 0 aliphatic carbocycles. The fraction of sp³-hybridized carbons (Fsp3) is 0.500. The third-order valence-electron chi connectivity index (χ3n) is 3.27. The molecule has 0 radical (unpaired) electrons. The van der Waals surface area contributed by atoms with Crippen LogP contribution in [-0.2, 0) is 7.05 Å². The summed E-state index contributed by atoms with van der Waals surface area (Å²) in [6.45, 7) is 4.67. The number of nitrogens with zero attached hydrogens (tertiary/aromatic N) is 5. The molecule has 0 aliphatic rings. The van der Waals surface area contributed by atoms with Gasteiger partial charge >= 0.3 is 0 Å². The van der Waals surface area contributed by atoms with Crippen molar-refractivity contribution < 1.29 is 0 Å². The number of likely N-dealkylation sites (N-methyl/N-ethyl adjacent to an activating group) is 1. The lowest BCUT2D eigenvalue weighted by atomic mass is 10.1. The minimum atomic E-state index is 0.241. The molecule has 6 heteroatoms. The molecule has 1 N–H and O–H groups in total. The standard InChI is InChI=1S/C14H22N6/c1-10-6-15-11(2)14(18-10)16-8-13(19(3)4)12-7-17-20(5)9-12/h6-7,9,13H,8H2,1-5H3,(H,16,18). The predicted octanol–water partition coefficient (Wildman–Crippen LogP) is 1.54. The van der Waals surface area contributed by atoms with Gasteiger partial charge in [-0.25, -0.2) is 4.98 Å². The predicted molar refractivity (Wildman–Crippen MR) is 79.6 cm³/mol. The van der Waals surface area contributed by atoms with Crippen LogP contribution in [0.2, 0.25) is 0 Å². The van der Waals surface area contributed by atoms with Crippen LogP contribution in [0.25, 0.3) is 0 Å². The molecular weight excluding hydrogens is 252 g/mol. The third kappa shape index (κ3) is 3.33. The molecule has 0 aliphatic heterocycles. The van der Waals surface area contributed by atoms with Gasteiger partial charge in [0.05, 0.1) is 23.6 Å². The maximum atomic E-state index is 4.49. The first kappa shape index (κ1) is 14.5. The smallest absolute Gasteiger partial charge is 0.147 e. The lowest BCUT2D eigenvalue weighted by molar-refractivity contribution is 0.311. The van der Waals surface area contributed by atoms with Crippen molar-refractivity contribution in [2.45, 2.75) is 19.9 Å². The highest BCUT2D eigenvalue weighted by Crippen LogP contribution is 2.18.